The van der Waals surface area contributed by atoms with Crippen molar-refractivity contribution >= 4 is 10.9 Å². The number of fused-ring (bicyclic) bond motifs is 3. The number of rotatable bonds is 6. The Morgan fingerprint density at radius 1 is 1.20 bits per heavy atom. The van der Waals surface area contributed by atoms with Gasteiger partial charge >= 0.3 is 0 Å². The fourth-order valence-corrected chi connectivity index (χ4v) is 4.69. The maximum atomic E-state index is 5.22. The molecule has 3 atom stereocenters. The minimum absolute atomic E-state index is 0.607. The first-order valence-electron chi connectivity index (χ1n) is 9.57. The predicted octanol–water partition coefficient (Wildman–Crippen LogP) is 3.87. The largest absolute Gasteiger partial charge is 0.381 e. The Morgan fingerprint density at radius 3 is 2.72 bits per heavy atom. The smallest absolute Gasteiger partial charge is 0.0682 e. The van der Waals surface area contributed by atoms with Crippen molar-refractivity contribution in [1.82, 2.24) is 14.7 Å². The lowest BCUT2D eigenvalue weighted by molar-refractivity contribution is 0.136. The molecule has 3 heterocycles. The van der Waals surface area contributed by atoms with Crippen molar-refractivity contribution in [3.8, 4) is 0 Å². The van der Waals surface area contributed by atoms with Gasteiger partial charge in [0.15, 0.2) is 0 Å². The number of methoxy groups -OCH3 is 1. The maximum Gasteiger partial charge on any atom is 0.0682 e. The summed E-state index contributed by atoms with van der Waals surface area (Å²) >= 11 is 0. The molecule has 4 rings (SSSR count). The summed E-state index contributed by atoms with van der Waals surface area (Å²) in [6.07, 6.45) is 9.47. The Kier molecular flexibility index (Phi) is 4.91. The highest BCUT2D eigenvalue weighted by atomic mass is 16.5. The van der Waals surface area contributed by atoms with Crippen LogP contribution in [0.1, 0.15) is 32.6 Å². The van der Waals surface area contributed by atoms with Crippen LogP contribution < -0.4 is 0 Å². The van der Waals surface area contributed by atoms with E-state index in [0.717, 1.165) is 25.2 Å². The normalized spacial score (nSPS) is 24.8. The average Bonchev–Trinajstić information content (AvgIpc) is 3.11. The Morgan fingerprint density at radius 2 is 1.96 bits per heavy atom. The van der Waals surface area contributed by atoms with E-state index in [1.807, 2.05) is 6.20 Å². The minimum Gasteiger partial charge on any atom is -0.381 e. The molecule has 2 saturated heterocycles. The number of para-hydroxylation sites is 1. The van der Waals surface area contributed by atoms with E-state index in [2.05, 4.69) is 51.9 Å². The molecule has 2 unspecified atom stereocenters. The molecule has 0 spiro atoms. The van der Waals surface area contributed by atoms with Gasteiger partial charge in [0.25, 0.3) is 0 Å². The second-order valence-corrected chi connectivity index (χ2v) is 7.80. The Hall–Kier alpha value is -1.65. The highest BCUT2D eigenvalue weighted by molar-refractivity contribution is 5.78. The molecule has 0 saturated carbocycles. The van der Waals surface area contributed by atoms with E-state index in [-0.39, 0.29) is 0 Å². The number of benzene rings is 1. The van der Waals surface area contributed by atoms with Crippen LogP contribution in [0.25, 0.3) is 10.9 Å². The van der Waals surface area contributed by atoms with Crippen LogP contribution in [0.3, 0.4) is 0 Å². The molecule has 1 aromatic heterocycles. The van der Waals surface area contributed by atoms with Gasteiger partial charge in [0.05, 0.1) is 18.3 Å². The van der Waals surface area contributed by atoms with E-state index in [4.69, 9.17) is 4.74 Å². The first kappa shape index (κ1) is 16.8. The van der Waals surface area contributed by atoms with Crippen LogP contribution in [0.4, 0.5) is 0 Å². The van der Waals surface area contributed by atoms with Gasteiger partial charge in [-0.05, 0) is 37.7 Å². The molecule has 0 aliphatic carbocycles. The van der Waals surface area contributed by atoms with Crippen LogP contribution >= 0.6 is 0 Å². The van der Waals surface area contributed by atoms with E-state index in [9.17, 15) is 0 Å². The van der Waals surface area contributed by atoms with Gasteiger partial charge < -0.3 is 4.74 Å². The maximum absolute atomic E-state index is 5.22. The summed E-state index contributed by atoms with van der Waals surface area (Å²) in [6.45, 7) is 5.31. The summed E-state index contributed by atoms with van der Waals surface area (Å²) < 4.78 is 7.40. The van der Waals surface area contributed by atoms with Crippen molar-refractivity contribution in [2.75, 3.05) is 20.3 Å². The number of nitrogens with zero attached hydrogens (tertiary/aromatic N) is 3. The Balaban J connectivity index is 1.39. The highest BCUT2D eigenvalue weighted by Gasteiger charge is 2.38. The third kappa shape index (κ3) is 3.51. The summed E-state index contributed by atoms with van der Waals surface area (Å²) in [6, 6.07) is 9.97. The lowest BCUT2D eigenvalue weighted by atomic mass is 9.95. The molecule has 4 heteroatoms. The molecule has 0 radical (unpaired) electrons. The zero-order valence-electron chi connectivity index (χ0n) is 15.4. The van der Waals surface area contributed by atoms with Crippen molar-refractivity contribution in [2.45, 2.75) is 51.2 Å². The number of hydrogen-bond donors (Lipinski definition) is 0. The molecule has 2 aromatic rings. The number of aromatic nitrogens is 2. The van der Waals surface area contributed by atoms with Crippen LogP contribution in [0.2, 0.25) is 0 Å². The number of hydrogen-bond acceptors (Lipinski definition) is 3. The van der Waals surface area contributed by atoms with Crippen molar-refractivity contribution in [1.29, 1.82) is 0 Å². The van der Waals surface area contributed by atoms with E-state index in [1.165, 1.54) is 43.1 Å². The van der Waals surface area contributed by atoms with Crippen LogP contribution in [0.15, 0.2) is 42.1 Å². The van der Waals surface area contributed by atoms with Gasteiger partial charge in [-0.25, -0.2) is 0 Å². The Bertz CT molecular complexity index is 734. The van der Waals surface area contributed by atoms with Crippen molar-refractivity contribution in [3.63, 3.8) is 0 Å². The third-order valence-electron chi connectivity index (χ3n) is 5.86. The van der Waals surface area contributed by atoms with Crippen molar-refractivity contribution in [3.05, 3.63) is 42.1 Å². The molecule has 0 N–H and O–H groups in total. The van der Waals surface area contributed by atoms with Crippen LogP contribution in [0, 0.1) is 5.92 Å². The molecular formula is C21H29N3O. The van der Waals surface area contributed by atoms with E-state index in [1.54, 1.807) is 12.7 Å². The molecule has 2 aliphatic heterocycles. The highest BCUT2D eigenvalue weighted by Crippen LogP contribution is 2.38. The SMILES string of the molecule is COCC=C1CC2CCC(C1)N2C[C@@H](C)Cn1ncc2ccccc21. The lowest BCUT2D eigenvalue weighted by Crippen LogP contribution is -2.43. The second kappa shape index (κ2) is 7.30. The zero-order chi connectivity index (χ0) is 17.2. The van der Waals surface area contributed by atoms with E-state index < -0.39 is 0 Å². The fraction of sp³-hybridized carbons (Fsp3) is 0.571. The summed E-state index contributed by atoms with van der Waals surface area (Å²) in [5.41, 5.74) is 2.86. The molecule has 25 heavy (non-hydrogen) atoms. The number of piperidine rings is 1. The van der Waals surface area contributed by atoms with E-state index in [0.29, 0.717) is 5.92 Å². The number of ether oxygens (including phenoxy) is 1. The molecule has 2 aliphatic rings. The van der Waals surface area contributed by atoms with Gasteiger partial charge in [0.1, 0.15) is 0 Å². The van der Waals surface area contributed by atoms with Gasteiger partial charge in [-0.15, -0.1) is 0 Å². The van der Waals surface area contributed by atoms with Crippen LogP contribution in [-0.4, -0.2) is 47.0 Å². The molecule has 4 nitrogen and oxygen atoms in total. The zero-order valence-corrected chi connectivity index (χ0v) is 15.4. The Labute approximate surface area is 150 Å². The second-order valence-electron chi connectivity index (χ2n) is 7.80. The standard InChI is InChI=1S/C21H29N3O/c1-16(15-24-21-6-4-3-5-18(21)13-22-24)14-23-19-7-8-20(23)12-17(11-19)9-10-25-2/h3-6,9,13,16,19-20H,7-8,10-12,14-15H2,1-2H3/t16-,19?,20?/m1/s1. The summed E-state index contributed by atoms with van der Waals surface area (Å²) in [4.78, 5) is 2.78. The van der Waals surface area contributed by atoms with Gasteiger partial charge in [0.2, 0.25) is 0 Å². The quantitative estimate of drug-likeness (QED) is 0.749. The average molecular weight is 339 g/mol. The molecule has 134 valence electrons. The molecule has 1 aromatic carbocycles. The summed E-state index contributed by atoms with van der Waals surface area (Å²) in [7, 11) is 1.78. The third-order valence-corrected chi connectivity index (χ3v) is 5.86. The van der Waals surface area contributed by atoms with Gasteiger partial charge in [0, 0.05) is 37.7 Å². The predicted molar refractivity (Wildman–Crippen MR) is 102 cm³/mol. The van der Waals surface area contributed by atoms with Gasteiger partial charge in [-0.3, -0.25) is 9.58 Å². The minimum atomic E-state index is 0.607. The lowest BCUT2D eigenvalue weighted by Gasteiger charge is -2.37. The summed E-state index contributed by atoms with van der Waals surface area (Å²) in [5.74, 6) is 0.607. The van der Waals surface area contributed by atoms with Gasteiger partial charge in [-0.2, -0.15) is 5.10 Å². The summed E-state index contributed by atoms with van der Waals surface area (Å²) in [5, 5.41) is 5.84. The first-order valence-corrected chi connectivity index (χ1v) is 9.57. The van der Waals surface area contributed by atoms with E-state index >= 15 is 0 Å². The first-order chi connectivity index (χ1) is 12.2. The molecule has 2 bridgehead atoms. The fourth-order valence-electron chi connectivity index (χ4n) is 4.69. The van der Waals surface area contributed by atoms with Gasteiger partial charge in [-0.1, -0.05) is 36.8 Å². The monoisotopic (exact) mass is 339 g/mol. The van der Waals surface area contributed by atoms with Crippen molar-refractivity contribution in [2.24, 2.45) is 5.92 Å². The van der Waals surface area contributed by atoms with Crippen molar-refractivity contribution < 1.29 is 4.74 Å². The van der Waals surface area contributed by atoms with Crippen LogP contribution in [-0.2, 0) is 11.3 Å². The molecular weight excluding hydrogens is 310 g/mol. The van der Waals surface area contributed by atoms with Crippen LogP contribution in [0.5, 0.6) is 0 Å². The molecule has 0 amide bonds. The topological polar surface area (TPSA) is 30.3 Å². The molecule has 2 fully saturated rings.